The van der Waals surface area contributed by atoms with Gasteiger partial charge in [-0.05, 0) is 6.42 Å². The Balaban J connectivity index is 2.56. The van der Waals surface area contributed by atoms with Gasteiger partial charge in [0.05, 0.1) is 22.8 Å². The van der Waals surface area contributed by atoms with Gasteiger partial charge in [-0.1, -0.05) is 37.3 Å². The molecule has 0 spiro atoms. The molecule has 0 bridgehead atoms. The van der Waals surface area contributed by atoms with Crippen LogP contribution in [0.3, 0.4) is 0 Å². The minimum atomic E-state index is 0.666. The van der Waals surface area contributed by atoms with Crippen LogP contribution in [0.15, 0.2) is 34.4 Å². The van der Waals surface area contributed by atoms with Gasteiger partial charge in [-0.25, -0.2) is 5.48 Å². The summed E-state index contributed by atoms with van der Waals surface area (Å²) in [6.07, 6.45) is 0.970. The highest BCUT2D eigenvalue weighted by atomic mass is 79.9. The molecule has 1 rings (SSSR count). The fourth-order valence-corrected chi connectivity index (χ4v) is 1.22. The van der Waals surface area contributed by atoms with E-state index in [1.807, 2.05) is 30.3 Å². The number of nitrogens with zero attached hydrogens (tertiary/aromatic N) is 1. The number of amidine groups is 1. The summed E-state index contributed by atoms with van der Waals surface area (Å²) in [6, 6.07) is 9.79. The lowest BCUT2D eigenvalue weighted by Crippen LogP contribution is -2.24. The molecule has 0 saturated carbocycles. The largest absolute Gasteiger partial charge is 0.275 e. The zero-order valence-corrected chi connectivity index (χ0v) is 9.62. The van der Waals surface area contributed by atoms with Crippen LogP contribution >= 0.6 is 16.1 Å². The minimum absolute atomic E-state index is 0.666. The van der Waals surface area contributed by atoms with Gasteiger partial charge in [-0.3, -0.25) is 4.84 Å². The second kappa shape index (κ2) is 6.56. The standard InChI is InChI=1S/C10H13BrN2O/c1-2-8-14-13-10(12-11)9-6-4-3-5-7-9/h3-7H,2,8H2,1H3,(H,12,13). The van der Waals surface area contributed by atoms with Crippen molar-refractivity contribution in [2.45, 2.75) is 13.3 Å². The molecule has 0 atom stereocenters. The van der Waals surface area contributed by atoms with Crippen LogP contribution in [0, 0.1) is 0 Å². The lowest BCUT2D eigenvalue weighted by atomic mass is 10.2. The normalized spacial score (nSPS) is 11.4. The SMILES string of the molecule is CCCON/C(=N/Br)c1ccccc1. The molecule has 0 fully saturated rings. The third-order valence-corrected chi connectivity index (χ3v) is 1.96. The highest BCUT2D eigenvalue weighted by Crippen LogP contribution is 2.01. The average Bonchev–Trinajstić information content (AvgIpc) is 2.26. The molecule has 3 nitrogen and oxygen atoms in total. The lowest BCUT2D eigenvalue weighted by molar-refractivity contribution is 0.0862. The quantitative estimate of drug-likeness (QED) is 0.389. The molecule has 0 saturated heterocycles. The van der Waals surface area contributed by atoms with E-state index in [0.29, 0.717) is 12.4 Å². The maximum absolute atomic E-state index is 5.18. The van der Waals surface area contributed by atoms with Crippen LogP contribution in [-0.2, 0) is 4.84 Å². The zero-order valence-electron chi connectivity index (χ0n) is 8.03. The van der Waals surface area contributed by atoms with Crippen LogP contribution in [0.25, 0.3) is 0 Å². The second-order valence-electron chi connectivity index (χ2n) is 2.75. The van der Waals surface area contributed by atoms with Crippen LogP contribution in [0.1, 0.15) is 18.9 Å². The summed E-state index contributed by atoms with van der Waals surface area (Å²) in [5, 5.41) is 0. The van der Waals surface area contributed by atoms with Gasteiger partial charge in [0.15, 0.2) is 5.84 Å². The lowest BCUT2D eigenvalue weighted by Gasteiger charge is -2.07. The minimum Gasteiger partial charge on any atom is -0.275 e. The third kappa shape index (κ3) is 3.47. The maximum Gasteiger partial charge on any atom is 0.165 e. The van der Waals surface area contributed by atoms with Crippen LogP contribution in [0.2, 0.25) is 0 Å². The summed E-state index contributed by atoms with van der Waals surface area (Å²) in [5.41, 5.74) is 3.78. The summed E-state index contributed by atoms with van der Waals surface area (Å²) in [4.78, 5) is 5.18. The molecule has 0 heterocycles. The van der Waals surface area contributed by atoms with E-state index in [-0.39, 0.29) is 0 Å². The van der Waals surface area contributed by atoms with Crippen molar-refractivity contribution in [1.29, 1.82) is 0 Å². The van der Waals surface area contributed by atoms with Gasteiger partial charge in [0, 0.05) is 5.56 Å². The summed E-state index contributed by atoms with van der Waals surface area (Å²) >= 11 is 3.05. The molecular formula is C10H13BrN2O. The highest BCUT2D eigenvalue weighted by Gasteiger charge is 2.00. The topological polar surface area (TPSA) is 33.6 Å². The van der Waals surface area contributed by atoms with Gasteiger partial charge in [-0.2, -0.15) is 4.02 Å². The Morgan fingerprint density at radius 1 is 1.43 bits per heavy atom. The molecule has 1 aromatic rings. The molecule has 0 aliphatic rings. The number of hydrogen-bond acceptors (Lipinski definition) is 2. The van der Waals surface area contributed by atoms with Gasteiger partial charge in [-0.15, -0.1) is 0 Å². The maximum atomic E-state index is 5.18. The van der Waals surface area contributed by atoms with E-state index in [2.05, 4.69) is 32.6 Å². The average molecular weight is 257 g/mol. The smallest absolute Gasteiger partial charge is 0.165 e. The van der Waals surface area contributed by atoms with E-state index in [9.17, 15) is 0 Å². The molecule has 0 radical (unpaired) electrons. The van der Waals surface area contributed by atoms with Crippen molar-refractivity contribution in [3.8, 4) is 0 Å². The van der Waals surface area contributed by atoms with Crippen molar-refractivity contribution in [3.05, 3.63) is 35.9 Å². The van der Waals surface area contributed by atoms with E-state index in [0.717, 1.165) is 12.0 Å². The van der Waals surface area contributed by atoms with Gasteiger partial charge >= 0.3 is 0 Å². The Morgan fingerprint density at radius 3 is 2.71 bits per heavy atom. The van der Waals surface area contributed by atoms with E-state index >= 15 is 0 Å². The van der Waals surface area contributed by atoms with E-state index in [1.54, 1.807) is 0 Å². The molecule has 4 heteroatoms. The molecule has 0 amide bonds. The zero-order chi connectivity index (χ0) is 10.2. The Labute approximate surface area is 92.5 Å². The Bertz CT molecular complexity index is 287. The highest BCUT2D eigenvalue weighted by molar-refractivity contribution is 9.08. The molecule has 1 N–H and O–H groups in total. The number of rotatable bonds is 4. The summed E-state index contributed by atoms with van der Waals surface area (Å²) in [7, 11) is 0. The molecular weight excluding hydrogens is 244 g/mol. The molecule has 14 heavy (non-hydrogen) atoms. The molecule has 0 aliphatic heterocycles. The second-order valence-corrected chi connectivity index (χ2v) is 3.10. The van der Waals surface area contributed by atoms with Gasteiger partial charge in [0.2, 0.25) is 0 Å². The third-order valence-electron chi connectivity index (χ3n) is 1.61. The first-order chi connectivity index (χ1) is 6.88. The fourth-order valence-electron chi connectivity index (χ4n) is 0.942. The number of hydroxylamine groups is 1. The first kappa shape index (κ1) is 11.2. The number of hydrogen-bond donors (Lipinski definition) is 1. The van der Waals surface area contributed by atoms with Crippen LogP contribution < -0.4 is 5.48 Å². The predicted octanol–water partition coefficient (Wildman–Crippen LogP) is 2.67. The Hall–Kier alpha value is -0.870. The van der Waals surface area contributed by atoms with Gasteiger partial charge in [0.25, 0.3) is 0 Å². The van der Waals surface area contributed by atoms with Crippen molar-refractivity contribution in [3.63, 3.8) is 0 Å². The van der Waals surface area contributed by atoms with Crippen molar-refractivity contribution in [2.24, 2.45) is 4.02 Å². The summed E-state index contributed by atoms with van der Waals surface area (Å²) in [6.45, 7) is 2.72. The van der Waals surface area contributed by atoms with Crippen LogP contribution in [0.5, 0.6) is 0 Å². The Morgan fingerprint density at radius 2 is 2.14 bits per heavy atom. The van der Waals surface area contributed by atoms with E-state index < -0.39 is 0 Å². The summed E-state index contributed by atoms with van der Waals surface area (Å²) in [5.74, 6) is 0.680. The van der Waals surface area contributed by atoms with Crippen LogP contribution in [0.4, 0.5) is 0 Å². The van der Waals surface area contributed by atoms with E-state index in [1.165, 1.54) is 0 Å². The molecule has 1 aromatic carbocycles. The molecule has 0 aromatic heterocycles. The van der Waals surface area contributed by atoms with Crippen molar-refractivity contribution >= 4 is 22.0 Å². The molecule has 0 unspecified atom stereocenters. The Kier molecular flexibility index (Phi) is 5.25. The number of halogens is 1. The predicted molar refractivity (Wildman–Crippen MR) is 61.3 cm³/mol. The first-order valence-corrected chi connectivity index (χ1v) is 5.21. The van der Waals surface area contributed by atoms with Gasteiger partial charge in [0.1, 0.15) is 0 Å². The van der Waals surface area contributed by atoms with Crippen molar-refractivity contribution in [2.75, 3.05) is 6.61 Å². The van der Waals surface area contributed by atoms with Crippen LogP contribution in [-0.4, -0.2) is 12.4 Å². The first-order valence-electron chi connectivity index (χ1n) is 4.50. The summed E-state index contributed by atoms with van der Waals surface area (Å²) < 4.78 is 3.92. The van der Waals surface area contributed by atoms with Crippen molar-refractivity contribution in [1.82, 2.24) is 5.48 Å². The monoisotopic (exact) mass is 256 g/mol. The molecule has 0 aliphatic carbocycles. The van der Waals surface area contributed by atoms with E-state index in [4.69, 9.17) is 4.84 Å². The fraction of sp³-hybridized carbons (Fsp3) is 0.300. The van der Waals surface area contributed by atoms with Gasteiger partial charge < -0.3 is 0 Å². The number of nitrogens with one attached hydrogen (secondary N) is 1. The number of benzene rings is 1. The molecule has 76 valence electrons. The van der Waals surface area contributed by atoms with Crippen molar-refractivity contribution < 1.29 is 4.84 Å².